The molecule has 2 heterocycles. The fourth-order valence-electron chi connectivity index (χ4n) is 3.23. The van der Waals surface area contributed by atoms with Crippen LogP contribution in [0, 0.1) is 11.7 Å². The first-order valence-corrected chi connectivity index (χ1v) is 9.22. The Balaban J connectivity index is 2.08. The molecule has 3 rings (SSSR count). The Morgan fingerprint density at radius 1 is 1.28 bits per heavy atom. The summed E-state index contributed by atoms with van der Waals surface area (Å²) in [5.74, 6) is -1.76. The van der Waals surface area contributed by atoms with Crippen LogP contribution >= 0.6 is 11.6 Å². The lowest BCUT2D eigenvalue weighted by molar-refractivity contribution is -0.137. The molecule has 1 aromatic heterocycles. The molecule has 0 spiro atoms. The number of halogens is 5. The number of hydrogen-bond donors (Lipinski definition) is 1. The van der Waals surface area contributed by atoms with E-state index in [0.29, 0.717) is 38.3 Å². The van der Waals surface area contributed by atoms with Gasteiger partial charge in [0, 0.05) is 26.0 Å². The first-order valence-electron chi connectivity index (χ1n) is 8.84. The molecule has 1 aromatic carbocycles. The molecule has 156 valence electrons. The monoisotopic (exact) mass is 431 g/mol. The SMILES string of the molecule is NC(=O)c1cnc(N(CC2CCOCC2)c2ccc(F)cc2Cl)cc1C(F)(F)F. The van der Waals surface area contributed by atoms with Gasteiger partial charge in [0.2, 0.25) is 0 Å². The second-order valence-electron chi connectivity index (χ2n) is 6.71. The molecule has 1 fully saturated rings. The van der Waals surface area contributed by atoms with Gasteiger partial charge in [-0.15, -0.1) is 0 Å². The van der Waals surface area contributed by atoms with E-state index in [1.165, 1.54) is 17.0 Å². The molecular formula is C19H18ClF4N3O2. The van der Waals surface area contributed by atoms with E-state index in [1.54, 1.807) is 0 Å². The quantitative estimate of drug-likeness (QED) is 0.705. The van der Waals surface area contributed by atoms with Gasteiger partial charge in [0.15, 0.2) is 0 Å². The van der Waals surface area contributed by atoms with E-state index in [0.717, 1.165) is 18.3 Å². The first-order chi connectivity index (χ1) is 13.7. The van der Waals surface area contributed by atoms with Crippen LogP contribution < -0.4 is 10.6 Å². The van der Waals surface area contributed by atoms with Gasteiger partial charge in [-0.3, -0.25) is 4.79 Å². The molecule has 2 aromatic rings. The standard InChI is InChI=1S/C19H18ClF4N3O2/c20-15-7-12(21)1-2-16(15)27(10-11-3-5-29-6-4-11)17-8-14(19(22,23)24)13(9-26-17)18(25)28/h1-2,7-9,11H,3-6,10H2,(H2,25,28). The summed E-state index contributed by atoms with van der Waals surface area (Å²) in [6.07, 6.45) is -2.59. The number of alkyl halides is 3. The van der Waals surface area contributed by atoms with Gasteiger partial charge in [0.1, 0.15) is 11.6 Å². The highest BCUT2D eigenvalue weighted by atomic mass is 35.5. The number of nitrogens with zero attached hydrogens (tertiary/aromatic N) is 2. The van der Waals surface area contributed by atoms with Crippen molar-refractivity contribution in [1.82, 2.24) is 4.98 Å². The maximum absolute atomic E-state index is 13.5. The average Bonchev–Trinajstić information content (AvgIpc) is 2.66. The van der Waals surface area contributed by atoms with Gasteiger partial charge < -0.3 is 15.4 Å². The van der Waals surface area contributed by atoms with Crippen LogP contribution in [-0.2, 0) is 10.9 Å². The molecule has 1 aliphatic heterocycles. The summed E-state index contributed by atoms with van der Waals surface area (Å²) in [4.78, 5) is 16.9. The summed E-state index contributed by atoms with van der Waals surface area (Å²) in [7, 11) is 0. The average molecular weight is 432 g/mol. The first kappa shape index (κ1) is 21.3. The number of amides is 1. The van der Waals surface area contributed by atoms with Crippen molar-refractivity contribution < 1.29 is 27.1 Å². The Hall–Kier alpha value is -2.39. The van der Waals surface area contributed by atoms with Crippen LogP contribution in [0.4, 0.5) is 29.1 Å². The molecule has 1 saturated heterocycles. The zero-order valence-corrected chi connectivity index (χ0v) is 15.9. The Labute approximate surface area is 169 Å². The maximum Gasteiger partial charge on any atom is 0.417 e. The molecule has 1 aliphatic rings. The summed E-state index contributed by atoms with van der Waals surface area (Å²) in [6.45, 7) is 1.38. The Kier molecular flexibility index (Phi) is 6.28. The van der Waals surface area contributed by atoms with Crippen molar-refractivity contribution in [3.63, 3.8) is 0 Å². The number of carbonyl (C=O) groups excluding carboxylic acids is 1. The van der Waals surface area contributed by atoms with E-state index in [-0.39, 0.29) is 16.8 Å². The van der Waals surface area contributed by atoms with Crippen molar-refractivity contribution in [3.8, 4) is 0 Å². The smallest absolute Gasteiger partial charge is 0.381 e. The third-order valence-corrected chi connectivity index (χ3v) is 5.02. The molecule has 10 heteroatoms. The van der Waals surface area contributed by atoms with Crippen molar-refractivity contribution >= 4 is 29.0 Å². The van der Waals surface area contributed by atoms with E-state index in [9.17, 15) is 22.4 Å². The third-order valence-electron chi connectivity index (χ3n) is 4.72. The molecule has 5 nitrogen and oxygen atoms in total. The van der Waals surface area contributed by atoms with E-state index in [2.05, 4.69) is 4.98 Å². The predicted octanol–water partition coefficient (Wildman–Crippen LogP) is 4.56. The minimum absolute atomic E-state index is 0.0337. The molecule has 0 bridgehead atoms. The Bertz CT molecular complexity index is 902. The Morgan fingerprint density at radius 3 is 2.55 bits per heavy atom. The van der Waals surface area contributed by atoms with Crippen molar-refractivity contribution in [2.45, 2.75) is 19.0 Å². The second kappa shape index (κ2) is 8.54. The fourth-order valence-corrected chi connectivity index (χ4v) is 3.49. The van der Waals surface area contributed by atoms with E-state index in [1.807, 2.05) is 0 Å². The minimum Gasteiger partial charge on any atom is -0.381 e. The van der Waals surface area contributed by atoms with Gasteiger partial charge in [-0.25, -0.2) is 9.37 Å². The van der Waals surface area contributed by atoms with Crippen LogP contribution in [0.2, 0.25) is 5.02 Å². The normalized spacial score (nSPS) is 15.3. The molecule has 0 atom stereocenters. The van der Waals surface area contributed by atoms with Gasteiger partial charge in [0.05, 0.1) is 21.8 Å². The number of rotatable bonds is 5. The molecule has 0 aliphatic carbocycles. The molecule has 29 heavy (non-hydrogen) atoms. The molecule has 2 N–H and O–H groups in total. The number of primary amides is 1. The van der Waals surface area contributed by atoms with E-state index in [4.69, 9.17) is 22.1 Å². The van der Waals surface area contributed by atoms with E-state index < -0.39 is 29.0 Å². The lowest BCUT2D eigenvalue weighted by Gasteiger charge is -2.31. The lowest BCUT2D eigenvalue weighted by atomic mass is 9.99. The summed E-state index contributed by atoms with van der Waals surface area (Å²) >= 11 is 6.17. The van der Waals surface area contributed by atoms with Crippen LogP contribution in [0.15, 0.2) is 30.5 Å². The van der Waals surface area contributed by atoms with Crippen molar-refractivity contribution in [1.29, 1.82) is 0 Å². The topological polar surface area (TPSA) is 68.5 Å². The zero-order valence-electron chi connectivity index (χ0n) is 15.2. The van der Waals surface area contributed by atoms with Gasteiger partial charge in [0.25, 0.3) is 5.91 Å². The minimum atomic E-state index is -4.81. The summed E-state index contributed by atoms with van der Waals surface area (Å²) in [5, 5.41) is 0.0337. The maximum atomic E-state index is 13.5. The summed E-state index contributed by atoms with van der Waals surface area (Å²) in [5.41, 5.74) is 3.47. The molecule has 1 amide bonds. The number of benzene rings is 1. The molecular weight excluding hydrogens is 414 g/mol. The lowest BCUT2D eigenvalue weighted by Crippen LogP contribution is -2.30. The number of hydrogen-bond acceptors (Lipinski definition) is 4. The van der Waals surface area contributed by atoms with Gasteiger partial charge in [-0.1, -0.05) is 11.6 Å². The molecule has 0 saturated carbocycles. The second-order valence-corrected chi connectivity index (χ2v) is 7.12. The number of carbonyl (C=O) groups is 1. The van der Waals surface area contributed by atoms with Crippen LogP contribution in [0.1, 0.15) is 28.8 Å². The molecule has 0 radical (unpaired) electrons. The highest BCUT2D eigenvalue weighted by Gasteiger charge is 2.36. The van der Waals surface area contributed by atoms with Crippen LogP contribution in [0.3, 0.4) is 0 Å². The highest BCUT2D eigenvalue weighted by molar-refractivity contribution is 6.33. The summed E-state index contributed by atoms with van der Waals surface area (Å²) in [6, 6.07) is 4.39. The van der Waals surface area contributed by atoms with Crippen LogP contribution in [-0.4, -0.2) is 30.6 Å². The largest absolute Gasteiger partial charge is 0.417 e. The number of ether oxygens (including phenoxy) is 1. The van der Waals surface area contributed by atoms with Gasteiger partial charge in [-0.05, 0) is 43.0 Å². The van der Waals surface area contributed by atoms with Crippen LogP contribution in [0.25, 0.3) is 0 Å². The number of nitrogens with two attached hydrogens (primary N) is 1. The molecule has 0 unspecified atom stereocenters. The van der Waals surface area contributed by atoms with Crippen LogP contribution in [0.5, 0.6) is 0 Å². The number of aromatic nitrogens is 1. The van der Waals surface area contributed by atoms with Gasteiger partial charge >= 0.3 is 6.18 Å². The number of anilines is 2. The van der Waals surface area contributed by atoms with E-state index >= 15 is 0 Å². The number of pyridine rings is 1. The van der Waals surface area contributed by atoms with Gasteiger partial charge in [-0.2, -0.15) is 13.2 Å². The predicted molar refractivity (Wildman–Crippen MR) is 99.7 cm³/mol. The fraction of sp³-hybridized carbons (Fsp3) is 0.368. The van der Waals surface area contributed by atoms with Crippen molar-refractivity contribution in [2.75, 3.05) is 24.7 Å². The Morgan fingerprint density at radius 2 is 1.97 bits per heavy atom. The highest BCUT2D eigenvalue weighted by Crippen LogP contribution is 2.38. The summed E-state index contributed by atoms with van der Waals surface area (Å²) < 4.78 is 59.3. The van der Waals surface area contributed by atoms with Crippen molar-refractivity contribution in [3.05, 3.63) is 52.4 Å². The zero-order chi connectivity index (χ0) is 21.2. The van der Waals surface area contributed by atoms with Crippen molar-refractivity contribution in [2.24, 2.45) is 11.7 Å². The third kappa shape index (κ3) is 4.97.